The summed E-state index contributed by atoms with van der Waals surface area (Å²) in [5.74, 6) is 0.166. The standard InChI is InChI=1S/C12H17NO2S/c1-3-16(14,15)12-10(11(12)13)9-6-4-8(2)5-7-9/h4-7,10-12H,3,13H2,1-2H3/t10-,11-,12+/m0/s1. The first-order chi connectivity index (χ1) is 7.47. The molecule has 1 aliphatic rings. The van der Waals surface area contributed by atoms with Crippen molar-refractivity contribution < 1.29 is 8.42 Å². The molecule has 88 valence electrons. The van der Waals surface area contributed by atoms with Crippen molar-refractivity contribution in [2.24, 2.45) is 5.73 Å². The lowest BCUT2D eigenvalue weighted by molar-refractivity contribution is 0.594. The minimum Gasteiger partial charge on any atom is -0.326 e. The summed E-state index contributed by atoms with van der Waals surface area (Å²) in [5, 5.41) is -0.375. The van der Waals surface area contributed by atoms with E-state index in [-0.39, 0.29) is 23.0 Å². The fourth-order valence-corrected chi connectivity index (χ4v) is 3.89. The highest BCUT2D eigenvalue weighted by Crippen LogP contribution is 2.45. The minimum absolute atomic E-state index is 0.00875. The predicted molar refractivity (Wildman–Crippen MR) is 65.1 cm³/mol. The zero-order valence-electron chi connectivity index (χ0n) is 9.55. The third-order valence-corrected chi connectivity index (χ3v) is 5.53. The first-order valence-corrected chi connectivity index (χ1v) is 7.22. The first-order valence-electron chi connectivity index (χ1n) is 5.51. The molecule has 2 rings (SSSR count). The Hall–Kier alpha value is -0.870. The molecular formula is C12H17NO2S. The van der Waals surface area contributed by atoms with Crippen LogP contribution in [0.1, 0.15) is 24.0 Å². The summed E-state index contributed by atoms with van der Waals surface area (Å²) in [6.45, 7) is 3.68. The zero-order chi connectivity index (χ0) is 11.9. The van der Waals surface area contributed by atoms with Gasteiger partial charge >= 0.3 is 0 Å². The van der Waals surface area contributed by atoms with E-state index in [1.807, 2.05) is 31.2 Å². The molecule has 0 unspecified atom stereocenters. The number of hydrogen-bond acceptors (Lipinski definition) is 3. The summed E-state index contributed by atoms with van der Waals surface area (Å²) >= 11 is 0. The van der Waals surface area contributed by atoms with Gasteiger partial charge in [0.25, 0.3) is 0 Å². The fraction of sp³-hybridized carbons (Fsp3) is 0.500. The maximum atomic E-state index is 11.7. The summed E-state index contributed by atoms with van der Waals surface area (Å²) in [4.78, 5) is 0. The molecule has 0 heterocycles. The molecular weight excluding hydrogens is 222 g/mol. The second-order valence-electron chi connectivity index (χ2n) is 4.43. The molecule has 0 bridgehead atoms. The zero-order valence-corrected chi connectivity index (χ0v) is 10.4. The number of nitrogens with two attached hydrogens (primary N) is 1. The van der Waals surface area contributed by atoms with Crippen LogP contribution in [0.25, 0.3) is 0 Å². The van der Waals surface area contributed by atoms with Gasteiger partial charge in [0.05, 0.1) is 5.25 Å². The molecule has 0 aromatic heterocycles. The third kappa shape index (κ3) is 1.87. The van der Waals surface area contributed by atoms with E-state index < -0.39 is 9.84 Å². The van der Waals surface area contributed by atoms with Gasteiger partial charge in [-0.2, -0.15) is 0 Å². The van der Waals surface area contributed by atoms with E-state index >= 15 is 0 Å². The van der Waals surface area contributed by atoms with Crippen molar-refractivity contribution in [2.45, 2.75) is 31.1 Å². The van der Waals surface area contributed by atoms with Gasteiger partial charge in [-0.25, -0.2) is 8.42 Å². The normalized spacial score (nSPS) is 29.1. The molecule has 1 fully saturated rings. The monoisotopic (exact) mass is 239 g/mol. The van der Waals surface area contributed by atoms with Gasteiger partial charge in [0.2, 0.25) is 0 Å². The van der Waals surface area contributed by atoms with Gasteiger partial charge in [0.15, 0.2) is 9.84 Å². The summed E-state index contributed by atoms with van der Waals surface area (Å²) in [6, 6.07) is 7.72. The van der Waals surface area contributed by atoms with Gasteiger partial charge in [-0.15, -0.1) is 0 Å². The quantitative estimate of drug-likeness (QED) is 0.863. The Morgan fingerprint density at radius 2 is 1.81 bits per heavy atom. The Balaban J connectivity index is 2.24. The van der Waals surface area contributed by atoms with Crippen LogP contribution in [0, 0.1) is 6.92 Å². The average molecular weight is 239 g/mol. The Kier molecular flexibility index (Phi) is 2.80. The van der Waals surface area contributed by atoms with E-state index in [4.69, 9.17) is 5.73 Å². The van der Waals surface area contributed by atoms with Crippen LogP contribution in [0.2, 0.25) is 0 Å². The van der Waals surface area contributed by atoms with Crippen molar-refractivity contribution in [2.75, 3.05) is 5.75 Å². The molecule has 1 saturated carbocycles. The van der Waals surface area contributed by atoms with Gasteiger partial charge < -0.3 is 5.73 Å². The molecule has 3 atom stereocenters. The van der Waals surface area contributed by atoms with Gasteiger partial charge in [0.1, 0.15) is 0 Å². The molecule has 0 aliphatic heterocycles. The maximum absolute atomic E-state index is 11.7. The van der Waals surface area contributed by atoms with Gasteiger partial charge in [-0.1, -0.05) is 36.8 Å². The molecule has 1 aromatic carbocycles. The minimum atomic E-state index is -3.01. The second kappa shape index (κ2) is 3.86. The number of benzene rings is 1. The lowest BCUT2D eigenvalue weighted by atomic mass is 10.1. The largest absolute Gasteiger partial charge is 0.326 e. The van der Waals surface area contributed by atoms with Crippen molar-refractivity contribution in [1.29, 1.82) is 0 Å². The first kappa shape index (κ1) is 11.6. The van der Waals surface area contributed by atoms with E-state index in [9.17, 15) is 8.42 Å². The van der Waals surface area contributed by atoms with E-state index in [1.54, 1.807) is 6.92 Å². The second-order valence-corrected chi connectivity index (χ2v) is 6.88. The van der Waals surface area contributed by atoms with E-state index in [0.29, 0.717) is 0 Å². The molecule has 0 radical (unpaired) electrons. The van der Waals surface area contributed by atoms with Crippen LogP contribution in [-0.2, 0) is 9.84 Å². The van der Waals surface area contributed by atoms with Gasteiger partial charge in [0, 0.05) is 17.7 Å². The highest BCUT2D eigenvalue weighted by atomic mass is 32.2. The summed E-state index contributed by atoms with van der Waals surface area (Å²) in [5.41, 5.74) is 8.08. The smallest absolute Gasteiger partial charge is 0.155 e. The van der Waals surface area contributed by atoms with Crippen LogP contribution >= 0.6 is 0 Å². The fourth-order valence-electron chi connectivity index (χ4n) is 2.16. The van der Waals surface area contributed by atoms with E-state index in [0.717, 1.165) is 5.56 Å². The lowest BCUT2D eigenvalue weighted by Crippen LogP contribution is -2.17. The molecule has 0 spiro atoms. The summed E-state index contributed by atoms with van der Waals surface area (Å²) < 4.78 is 23.5. The highest BCUT2D eigenvalue weighted by molar-refractivity contribution is 7.92. The average Bonchev–Trinajstić information content (AvgIpc) is 2.92. The SMILES string of the molecule is CCS(=O)(=O)[C@H]1[C@@H](N)[C@@H]1c1ccc(C)cc1. The van der Waals surface area contributed by atoms with Crippen LogP contribution in [0.15, 0.2) is 24.3 Å². The van der Waals surface area contributed by atoms with Gasteiger partial charge in [-0.05, 0) is 12.5 Å². The molecule has 4 heteroatoms. The molecule has 2 N–H and O–H groups in total. The van der Waals surface area contributed by atoms with Crippen molar-refractivity contribution in [1.82, 2.24) is 0 Å². The molecule has 3 nitrogen and oxygen atoms in total. The van der Waals surface area contributed by atoms with Crippen LogP contribution in [-0.4, -0.2) is 25.5 Å². The highest BCUT2D eigenvalue weighted by Gasteiger charge is 2.55. The topological polar surface area (TPSA) is 60.2 Å². The van der Waals surface area contributed by atoms with Crippen LogP contribution in [0.4, 0.5) is 0 Å². The van der Waals surface area contributed by atoms with Crippen molar-refractivity contribution >= 4 is 9.84 Å². The number of aryl methyl sites for hydroxylation is 1. The van der Waals surface area contributed by atoms with E-state index in [1.165, 1.54) is 5.56 Å². The lowest BCUT2D eigenvalue weighted by Gasteiger charge is -2.01. The Morgan fingerprint density at radius 1 is 1.25 bits per heavy atom. The molecule has 0 saturated heterocycles. The number of sulfone groups is 1. The molecule has 16 heavy (non-hydrogen) atoms. The van der Waals surface area contributed by atoms with Gasteiger partial charge in [-0.3, -0.25) is 0 Å². The molecule has 0 amide bonds. The number of rotatable bonds is 3. The Morgan fingerprint density at radius 3 is 2.31 bits per heavy atom. The van der Waals surface area contributed by atoms with Crippen molar-refractivity contribution in [3.05, 3.63) is 35.4 Å². The van der Waals surface area contributed by atoms with Crippen molar-refractivity contribution in [3.63, 3.8) is 0 Å². The maximum Gasteiger partial charge on any atom is 0.155 e. The summed E-state index contributed by atoms with van der Waals surface area (Å²) in [7, 11) is -3.01. The van der Waals surface area contributed by atoms with Crippen LogP contribution in [0.3, 0.4) is 0 Å². The van der Waals surface area contributed by atoms with Crippen molar-refractivity contribution in [3.8, 4) is 0 Å². The Labute approximate surface area is 96.6 Å². The Bertz CT molecular complexity index is 478. The number of hydrogen-bond donors (Lipinski definition) is 1. The predicted octanol–water partition coefficient (Wildman–Crippen LogP) is 1.22. The van der Waals surface area contributed by atoms with Crippen LogP contribution < -0.4 is 5.73 Å². The summed E-state index contributed by atoms with van der Waals surface area (Å²) in [6.07, 6.45) is 0. The molecule has 1 aliphatic carbocycles. The third-order valence-electron chi connectivity index (χ3n) is 3.29. The molecule has 1 aromatic rings. The van der Waals surface area contributed by atoms with Crippen LogP contribution in [0.5, 0.6) is 0 Å². The van der Waals surface area contributed by atoms with E-state index in [2.05, 4.69) is 0 Å².